The van der Waals surface area contributed by atoms with E-state index in [9.17, 15) is 8.42 Å². The average molecular weight is 317 g/mol. The summed E-state index contributed by atoms with van der Waals surface area (Å²) in [5, 5.41) is 0. The molecule has 8 heteroatoms. The van der Waals surface area contributed by atoms with Gasteiger partial charge in [-0.25, -0.2) is 8.42 Å². The van der Waals surface area contributed by atoms with Crippen LogP contribution in [0.2, 0.25) is 0 Å². The van der Waals surface area contributed by atoms with Crippen molar-refractivity contribution in [1.82, 2.24) is 4.31 Å². The minimum Gasteiger partial charge on any atom is -0.383 e. The number of para-hydroxylation sites is 1. The molecule has 3 N–H and O–H groups in total. The predicted octanol–water partition coefficient (Wildman–Crippen LogP) is 0.644. The molecule has 0 amide bonds. The molecule has 0 spiro atoms. The second-order valence-corrected chi connectivity index (χ2v) is 6.41. The van der Waals surface area contributed by atoms with Crippen LogP contribution in [-0.4, -0.2) is 52.7 Å². The van der Waals surface area contributed by atoms with Gasteiger partial charge in [0, 0.05) is 26.8 Å². The Kier molecular flexibility index (Phi) is 7.06. The Morgan fingerprint density at radius 3 is 2.52 bits per heavy atom. The first-order chi connectivity index (χ1) is 9.98. The number of hydrogen-bond donors (Lipinski definition) is 2. The number of anilines is 1. The van der Waals surface area contributed by atoms with Crippen LogP contribution in [0.5, 0.6) is 0 Å². The van der Waals surface area contributed by atoms with Crippen LogP contribution in [-0.2, 0) is 19.5 Å². The summed E-state index contributed by atoms with van der Waals surface area (Å²) in [6.45, 7) is 2.62. The zero-order valence-electron chi connectivity index (χ0n) is 12.6. The highest BCUT2D eigenvalue weighted by Gasteiger charge is 2.30. The molecule has 1 unspecified atom stereocenters. The van der Waals surface area contributed by atoms with Crippen molar-refractivity contribution in [2.24, 2.45) is 5.84 Å². The molecule has 0 aliphatic rings. The molecular weight excluding hydrogens is 294 g/mol. The smallest absolute Gasteiger partial charge is 0.245 e. The fourth-order valence-electron chi connectivity index (χ4n) is 2.02. The Morgan fingerprint density at radius 2 is 1.95 bits per heavy atom. The van der Waals surface area contributed by atoms with Gasteiger partial charge in [-0.1, -0.05) is 12.1 Å². The number of nitrogens with zero attached hydrogens (tertiary/aromatic N) is 1. The van der Waals surface area contributed by atoms with Crippen LogP contribution in [0.1, 0.15) is 6.92 Å². The molecule has 0 bridgehead atoms. The van der Waals surface area contributed by atoms with Crippen molar-refractivity contribution in [2.75, 3.05) is 39.4 Å². The highest BCUT2D eigenvalue weighted by molar-refractivity contribution is 7.89. The quantitative estimate of drug-likeness (QED) is 0.513. The Hall–Kier alpha value is -1.19. The van der Waals surface area contributed by atoms with Crippen LogP contribution in [0.4, 0.5) is 5.69 Å². The van der Waals surface area contributed by atoms with E-state index in [0.717, 1.165) is 0 Å². The summed E-state index contributed by atoms with van der Waals surface area (Å²) in [6.07, 6.45) is 0. The van der Waals surface area contributed by atoms with Gasteiger partial charge in [0.15, 0.2) is 0 Å². The van der Waals surface area contributed by atoms with E-state index in [1.807, 2.05) is 0 Å². The predicted molar refractivity (Wildman–Crippen MR) is 81.4 cm³/mol. The maximum atomic E-state index is 12.9. The maximum Gasteiger partial charge on any atom is 0.245 e. The number of nitrogen functional groups attached to an aromatic ring is 1. The fraction of sp³-hybridized carbons (Fsp3) is 0.538. The lowest BCUT2D eigenvalue weighted by atomic mass is 10.3. The van der Waals surface area contributed by atoms with E-state index in [2.05, 4.69) is 5.43 Å². The Bertz CT molecular complexity index is 536. The lowest BCUT2D eigenvalue weighted by Gasteiger charge is -2.28. The Labute approximate surface area is 126 Å². The van der Waals surface area contributed by atoms with Gasteiger partial charge in [-0.3, -0.25) is 5.84 Å². The molecule has 120 valence electrons. The third-order valence-electron chi connectivity index (χ3n) is 3.04. The fourth-order valence-corrected chi connectivity index (χ4v) is 3.78. The van der Waals surface area contributed by atoms with Gasteiger partial charge >= 0.3 is 0 Å². The molecule has 0 aliphatic carbocycles. The first kappa shape index (κ1) is 17.9. The monoisotopic (exact) mass is 317 g/mol. The van der Waals surface area contributed by atoms with Gasteiger partial charge in [-0.05, 0) is 19.1 Å². The number of hydrogen-bond acceptors (Lipinski definition) is 6. The second kappa shape index (κ2) is 8.30. The van der Waals surface area contributed by atoms with Gasteiger partial charge < -0.3 is 14.9 Å². The van der Waals surface area contributed by atoms with Crippen LogP contribution in [0.3, 0.4) is 0 Å². The zero-order valence-corrected chi connectivity index (χ0v) is 13.4. The maximum absolute atomic E-state index is 12.9. The summed E-state index contributed by atoms with van der Waals surface area (Å²) in [5.41, 5.74) is 2.77. The lowest BCUT2D eigenvalue weighted by molar-refractivity contribution is 0.119. The summed E-state index contributed by atoms with van der Waals surface area (Å²) >= 11 is 0. The molecule has 1 rings (SSSR count). The van der Waals surface area contributed by atoms with Crippen LogP contribution in [0.25, 0.3) is 0 Å². The summed E-state index contributed by atoms with van der Waals surface area (Å²) in [4.78, 5) is 0.131. The lowest BCUT2D eigenvalue weighted by Crippen LogP contribution is -2.43. The van der Waals surface area contributed by atoms with Crippen molar-refractivity contribution in [2.45, 2.75) is 17.9 Å². The van der Waals surface area contributed by atoms with Crippen molar-refractivity contribution >= 4 is 15.7 Å². The molecule has 1 aromatic carbocycles. The third-order valence-corrected chi connectivity index (χ3v) is 5.12. The molecule has 0 saturated carbocycles. The first-order valence-corrected chi connectivity index (χ1v) is 7.98. The molecular formula is C13H23N3O4S. The molecule has 0 radical (unpaired) electrons. The third kappa shape index (κ3) is 4.39. The number of methoxy groups -OCH3 is 2. The molecule has 0 fully saturated rings. The van der Waals surface area contributed by atoms with Gasteiger partial charge in [0.2, 0.25) is 10.0 Å². The number of nitrogens with two attached hydrogens (primary N) is 1. The Morgan fingerprint density at radius 1 is 1.29 bits per heavy atom. The number of nitrogens with one attached hydrogen (secondary N) is 1. The van der Waals surface area contributed by atoms with E-state index in [1.54, 1.807) is 25.1 Å². The van der Waals surface area contributed by atoms with Crippen molar-refractivity contribution in [3.05, 3.63) is 24.3 Å². The summed E-state index contributed by atoms with van der Waals surface area (Å²) in [7, 11) is -0.643. The van der Waals surface area contributed by atoms with Crippen LogP contribution in [0.15, 0.2) is 29.2 Å². The van der Waals surface area contributed by atoms with Crippen LogP contribution >= 0.6 is 0 Å². The van der Waals surface area contributed by atoms with E-state index < -0.39 is 10.0 Å². The van der Waals surface area contributed by atoms with Crippen LogP contribution in [0, 0.1) is 0 Å². The van der Waals surface area contributed by atoms with Gasteiger partial charge in [0.05, 0.1) is 18.9 Å². The van der Waals surface area contributed by atoms with Crippen molar-refractivity contribution < 1.29 is 17.9 Å². The first-order valence-electron chi connectivity index (χ1n) is 6.54. The molecule has 7 nitrogen and oxygen atoms in total. The standard InChI is InChI=1S/C13H23N3O4S/c1-11(10-20-3)16(8-9-19-2)21(17,18)13-7-5-4-6-12(13)15-14/h4-7,11,15H,8-10,14H2,1-3H3. The van der Waals surface area contributed by atoms with Gasteiger partial charge in [-0.15, -0.1) is 0 Å². The van der Waals surface area contributed by atoms with E-state index >= 15 is 0 Å². The van der Waals surface area contributed by atoms with Gasteiger partial charge in [-0.2, -0.15) is 4.31 Å². The van der Waals surface area contributed by atoms with Gasteiger partial charge in [0.1, 0.15) is 4.90 Å². The topological polar surface area (TPSA) is 93.9 Å². The number of hydrazine groups is 1. The normalized spacial score (nSPS) is 13.4. The second-order valence-electron chi connectivity index (χ2n) is 4.55. The van der Waals surface area contributed by atoms with E-state index in [-0.39, 0.29) is 17.5 Å². The molecule has 0 aromatic heterocycles. The Balaban J connectivity index is 3.19. The van der Waals surface area contributed by atoms with E-state index in [1.165, 1.54) is 24.6 Å². The van der Waals surface area contributed by atoms with E-state index in [0.29, 0.717) is 18.9 Å². The molecule has 0 aliphatic heterocycles. The highest BCUT2D eigenvalue weighted by atomic mass is 32.2. The number of benzene rings is 1. The molecule has 0 heterocycles. The van der Waals surface area contributed by atoms with Gasteiger partial charge in [0.25, 0.3) is 0 Å². The summed E-state index contributed by atoms with van der Waals surface area (Å²) in [5.74, 6) is 5.40. The SMILES string of the molecule is COCCN(C(C)COC)S(=O)(=O)c1ccccc1NN. The molecule has 1 aromatic rings. The van der Waals surface area contributed by atoms with Crippen LogP contribution < -0.4 is 11.3 Å². The molecule has 21 heavy (non-hydrogen) atoms. The van der Waals surface area contributed by atoms with Crippen molar-refractivity contribution in [3.8, 4) is 0 Å². The van der Waals surface area contributed by atoms with E-state index in [4.69, 9.17) is 15.3 Å². The molecule has 0 saturated heterocycles. The summed E-state index contributed by atoms with van der Waals surface area (Å²) < 4.78 is 37.1. The highest BCUT2D eigenvalue weighted by Crippen LogP contribution is 2.25. The number of rotatable bonds is 9. The molecule has 1 atom stereocenters. The van der Waals surface area contributed by atoms with Crippen molar-refractivity contribution in [3.63, 3.8) is 0 Å². The van der Waals surface area contributed by atoms with Crippen molar-refractivity contribution in [1.29, 1.82) is 0 Å². The number of sulfonamides is 1. The average Bonchev–Trinajstić information content (AvgIpc) is 2.47. The largest absolute Gasteiger partial charge is 0.383 e. The number of ether oxygens (including phenoxy) is 2. The minimum atomic E-state index is -3.71. The minimum absolute atomic E-state index is 0.131. The summed E-state index contributed by atoms with van der Waals surface area (Å²) in [6, 6.07) is 6.18. The zero-order chi connectivity index (χ0) is 15.9.